The summed E-state index contributed by atoms with van der Waals surface area (Å²) < 4.78 is 67.0. The molecule has 1 saturated heterocycles. The summed E-state index contributed by atoms with van der Waals surface area (Å²) in [4.78, 5) is 14.4. The molecule has 2 aromatic carbocycles. The topological polar surface area (TPSA) is 57.7 Å². The number of aryl methyl sites for hydroxylation is 2. The van der Waals surface area contributed by atoms with Crippen molar-refractivity contribution in [1.82, 2.24) is 9.21 Å². The van der Waals surface area contributed by atoms with Crippen LogP contribution in [0.2, 0.25) is 0 Å². The third-order valence-electron chi connectivity index (χ3n) is 6.03. The Morgan fingerprint density at radius 1 is 1.06 bits per heavy atom. The van der Waals surface area contributed by atoms with E-state index in [1.807, 2.05) is 13.8 Å². The van der Waals surface area contributed by atoms with Crippen LogP contribution >= 0.6 is 0 Å². The van der Waals surface area contributed by atoms with Crippen molar-refractivity contribution in [3.63, 3.8) is 0 Å². The number of piperidine rings is 1. The second kappa shape index (κ2) is 9.23. The molecule has 1 heterocycles. The van der Waals surface area contributed by atoms with Crippen LogP contribution in [0.5, 0.6) is 0 Å². The van der Waals surface area contributed by atoms with E-state index in [0.717, 1.165) is 17.2 Å². The predicted octanol–water partition coefficient (Wildman–Crippen LogP) is 4.38. The number of carbonyl (C=O) groups excluding carboxylic acids is 1. The first-order valence-corrected chi connectivity index (χ1v) is 11.8. The van der Waals surface area contributed by atoms with E-state index in [9.17, 15) is 26.4 Å². The van der Waals surface area contributed by atoms with Gasteiger partial charge in [0.05, 0.1) is 10.5 Å². The van der Waals surface area contributed by atoms with Crippen molar-refractivity contribution >= 4 is 15.9 Å². The molecule has 1 fully saturated rings. The molecule has 1 aliphatic rings. The average Bonchev–Trinajstić information content (AvgIpc) is 2.74. The van der Waals surface area contributed by atoms with E-state index in [1.165, 1.54) is 34.5 Å². The first-order valence-electron chi connectivity index (χ1n) is 10.4. The fraction of sp³-hybridized carbons (Fsp3) is 0.435. The summed E-state index contributed by atoms with van der Waals surface area (Å²) >= 11 is 0. The molecule has 0 aliphatic carbocycles. The Hall–Kier alpha value is -2.39. The lowest BCUT2D eigenvalue weighted by molar-refractivity contribution is -0.140. The zero-order chi connectivity index (χ0) is 23.7. The summed E-state index contributed by atoms with van der Waals surface area (Å²) in [5, 5.41) is 0. The van der Waals surface area contributed by atoms with Crippen LogP contribution in [0, 0.1) is 19.8 Å². The van der Waals surface area contributed by atoms with Gasteiger partial charge >= 0.3 is 6.18 Å². The van der Waals surface area contributed by atoms with E-state index in [0.29, 0.717) is 12.8 Å². The Bertz CT molecular complexity index is 1090. The molecule has 0 unspecified atom stereocenters. The molecule has 1 amide bonds. The summed E-state index contributed by atoms with van der Waals surface area (Å²) in [7, 11) is -2.18. The minimum absolute atomic E-state index is 0.0330. The smallest absolute Gasteiger partial charge is 0.341 e. The third kappa shape index (κ3) is 5.15. The summed E-state index contributed by atoms with van der Waals surface area (Å²) in [6, 6.07) is 10.2. The lowest BCUT2D eigenvalue weighted by Crippen LogP contribution is -2.43. The number of hydrogen-bond acceptors (Lipinski definition) is 3. The van der Waals surface area contributed by atoms with E-state index in [-0.39, 0.29) is 36.0 Å². The van der Waals surface area contributed by atoms with Crippen molar-refractivity contribution in [2.75, 3.05) is 20.1 Å². The Morgan fingerprint density at radius 3 is 2.28 bits per heavy atom. The Labute approximate surface area is 186 Å². The van der Waals surface area contributed by atoms with Crippen LogP contribution in [0.15, 0.2) is 47.4 Å². The fourth-order valence-corrected chi connectivity index (χ4v) is 5.50. The van der Waals surface area contributed by atoms with Crippen molar-refractivity contribution in [2.24, 2.45) is 5.92 Å². The van der Waals surface area contributed by atoms with Gasteiger partial charge in [0.1, 0.15) is 0 Å². The van der Waals surface area contributed by atoms with Crippen molar-refractivity contribution in [2.45, 2.75) is 44.3 Å². The quantitative estimate of drug-likeness (QED) is 0.654. The van der Waals surface area contributed by atoms with Gasteiger partial charge in [0, 0.05) is 32.6 Å². The minimum Gasteiger partial charge on any atom is -0.341 e. The van der Waals surface area contributed by atoms with Gasteiger partial charge < -0.3 is 4.90 Å². The van der Waals surface area contributed by atoms with Gasteiger partial charge in [0.15, 0.2) is 0 Å². The number of alkyl halides is 3. The zero-order valence-corrected chi connectivity index (χ0v) is 19.1. The number of rotatable bonds is 5. The Balaban J connectivity index is 1.65. The highest BCUT2D eigenvalue weighted by molar-refractivity contribution is 7.89. The molecule has 3 rings (SSSR count). The highest BCUT2D eigenvalue weighted by atomic mass is 32.2. The van der Waals surface area contributed by atoms with Gasteiger partial charge in [-0.25, -0.2) is 8.42 Å². The van der Waals surface area contributed by atoms with Gasteiger partial charge in [-0.1, -0.05) is 24.3 Å². The van der Waals surface area contributed by atoms with Gasteiger partial charge in [-0.15, -0.1) is 0 Å². The van der Waals surface area contributed by atoms with Crippen LogP contribution in [0.3, 0.4) is 0 Å². The van der Waals surface area contributed by atoms with E-state index in [1.54, 1.807) is 18.2 Å². The maximum Gasteiger partial charge on any atom is 0.416 e. The van der Waals surface area contributed by atoms with Crippen LogP contribution in [0.4, 0.5) is 13.2 Å². The molecule has 0 aromatic heterocycles. The monoisotopic (exact) mass is 468 g/mol. The molecule has 0 radical (unpaired) electrons. The van der Waals surface area contributed by atoms with Crippen LogP contribution in [-0.2, 0) is 27.5 Å². The first kappa shape index (κ1) is 24.3. The highest BCUT2D eigenvalue weighted by Crippen LogP contribution is 2.33. The second-order valence-electron chi connectivity index (χ2n) is 8.27. The number of sulfonamides is 1. The lowest BCUT2D eigenvalue weighted by atomic mass is 9.96. The standard InChI is InChI=1S/C23H27F3N2O3S/c1-16-8-9-20(14-17(16)2)32(30,31)28-12-10-18(11-13-28)22(29)27(3)15-19-6-4-5-7-21(19)23(24,25)26/h4-9,14,18H,10-13,15H2,1-3H3. The number of amides is 1. The third-order valence-corrected chi connectivity index (χ3v) is 7.92. The van der Waals surface area contributed by atoms with E-state index in [4.69, 9.17) is 0 Å². The molecule has 0 atom stereocenters. The van der Waals surface area contributed by atoms with Gasteiger partial charge in [-0.05, 0) is 61.6 Å². The Kier molecular flexibility index (Phi) is 7.00. The predicted molar refractivity (Wildman–Crippen MR) is 115 cm³/mol. The molecule has 1 aliphatic heterocycles. The first-order chi connectivity index (χ1) is 14.9. The largest absolute Gasteiger partial charge is 0.416 e. The molecule has 174 valence electrons. The summed E-state index contributed by atoms with van der Waals surface area (Å²) in [5.74, 6) is -0.700. The Morgan fingerprint density at radius 2 is 1.69 bits per heavy atom. The van der Waals surface area contributed by atoms with Crippen LogP contribution in [0.1, 0.15) is 35.1 Å². The molecular formula is C23H27F3N2O3S. The number of halogens is 3. The highest BCUT2D eigenvalue weighted by Gasteiger charge is 2.35. The van der Waals surface area contributed by atoms with Gasteiger partial charge in [0.25, 0.3) is 0 Å². The molecule has 32 heavy (non-hydrogen) atoms. The SMILES string of the molecule is Cc1ccc(S(=O)(=O)N2CCC(C(=O)N(C)Cc3ccccc3C(F)(F)F)CC2)cc1C. The van der Waals surface area contributed by atoms with Crippen LogP contribution in [-0.4, -0.2) is 43.7 Å². The summed E-state index contributed by atoms with van der Waals surface area (Å²) in [6.07, 6.45) is -3.84. The number of hydrogen-bond donors (Lipinski definition) is 0. The zero-order valence-electron chi connectivity index (χ0n) is 18.3. The molecule has 2 aromatic rings. The number of benzene rings is 2. The lowest BCUT2D eigenvalue weighted by Gasteiger charge is -2.33. The van der Waals surface area contributed by atoms with E-state index < -0.39 is 27.7 Å². The molecular weight excluding hydrogens is 441 g/mol. The van der Waals surface area contributed by atoms with Crippen LogP contribution in [0.25, 0.3) is 0 Å². The van der Waals surface area contributed by atoms with Gasteiger partial charge in [0.2, 0.25) is 15.9 Å². The fourth-order valence-electron chi connectivity index (χ4n) is 3.95. The molecule has 9 heteroatoms. The average molecular weight is 469 g/mol. The van der Waals surface area contributed by atoms with E-state index >= 15 is 0 Å². The van der Waals surface area contributed by atoms with E-state index in [2.05, 4.69) is 0 Å². The number of carbonyl (C=O) groups is 1. The van der Waals surface area contributed by atoms with Gasteiger partial charge in [-0.3, -0.25) is 4.79 Å². The molecule has 0 spiro atoms. The van der Waals surface area contributed by atoms with Crippen molar-refractivity contribution in [3.8, 4) is 0 Å². The van der Waals surface area contributed by atoms with Crippen molar-refractivity contribution in [3.05, 3.63) is 64.7 Å². The normalized spacial score (nSPS) is 16.2. The number of nitrogens with zero attached hydrogens (tertiary/aromatic N) is 2. The van der Waals surface area contributed by atoms with Crippen molar-refractivity contribution < 1.29 is 26.4 Å². The van der Waals surface area contributed by atoms with Gasteiger partial charge in [-0.2, -0.15) is 17.5 Å². The minimum atomic E-state index is -4.49. The summed E-state index contributed by atoms with van der Waals surface area (Å²) in [5.41, 5.74) is 1.17. The molecule has 0 bridgehead atoms. The maximum atomic E-state index is 13.2. The molecule has 5 nitrogen and oxygen atoms in total. The second-order valence-corrected chi connectivity index (χ2v) is 10.2. The molecule has 0 N–H and O–H groups in total. The van der Waals surface area contributed by atoms with Crippen molar-refractivity contribution in [1.29, 1.82) is 0 Å². The summed E-state index contributed by atoms with van der Waals surface area (Å²) in [6.45, 7) is 3.99. The molecule has 0 saturated carbocycles. The van der Waals surface area contributed by atoms with Crippen LogP contribution < -0.4 is 0 Å². The maximum absolute atomic E-state index is 13.2.